The molecule has 0 aliphatic carbocycles. The number of methoxy groups -OCH3 is 1. The third-order valence-corrected chi connectivity index (χ3v) is 1.21. The fourth-order valence-corrected chi connectivity index (χ4v) is 0.618. The van der Waals surface area contributed by atoms with Gasteiger partial charge in [0.15, 0.2) is 0 Å². The van der Waals surface area contributed by atoms with E-state index >= 15 is 0 Å². The predicted octanol–water partition coefficient (Wildman–Crippen LogP) is 1.37. The van der Waals surface area contributed by atoms with Crippen LogP contribution in [0.25, 0.3) is 0 Å². The monoisotopic (exact) mass is 143 g/mol. The summed E-state index contributed by atoms with van der Waals surface area (Å²) in [4.78, 5) is 10.5. The number of carbonyl (C=O) groups excluding carboxylic acids is 1. The van der Waals surface area contributed by atoms with Gasteiger partial charge < -0.3 is 10.1 Å². The summed E-state index contributed by atoms with van der Waals surface area (Å²) in [5, 5.41) is 6.69. The summed E-state index contributed by atoms with van der Waals surface area (Å²) in [7, 11) is 1.39. The zero-order valence-corrected chi connectivity index (χ0v) is 6.22. The van der Waals surface area contributed by atoms with E-state index in [0.29, 0.717) is 6.42 Å². The fourth-order valence-electron chi connectivity index (χ4n) is 0.618. The first kappa shape index (κ1) is 9.14. The van der Waals surface area contributed by atoms with Crippen LogP contribution in [-0.2, 0) is 9.53 Å². The van der Waals surface area contributed by atoms with E-state index in [9.17, 15) is 4.79 Å². The smallest absolute Gasteiger partial charge is 0.305 e. The maximum Gasteiger partial charge on any atom is 0.305 e. The summed E-state index contributed by atoms with van der Waals surface area (Å²) in [6, 6.07) is 0. The van der Waals surface area contributed by atoms with Gasteiger partial charge in [0, 0.05) is 6.42 Å². The molecule has 0 heterocycles. The standard InChI is InChI=1S/C7H13NO2/c1-10-7(9)5-3-2-4-6-8/h6,8H,2-5H2,1H3. The molecule has 10 heavy (non-hydrogen) atoms. The van der Waals surface area contributed by atoms with Gasteiger partial charge in [-0.2, -0.15) is 0 Å². The summed E-state index contributed by atoms with van der Waals surface area (Å²) in [6.45, 7) is 0. The number of hydrogen-bond donors (Lipinski definition) is 1. The van der Waals surface area contributed by atoms with E-state index in [-0.39, 0.29) is 5.97 Å². The van der Waals surface area contributed by atoms with Crippen LogP contribution in [0.3, 0.4) is 0 Å². The van der Waals surface area contributed by atoms with E-state index in [0.717, 1.165) is 19.3 Å². The summed E-state index contributed by atoms with van der Waals surface area (Å²) in [6.07, 6.45) is 4.32. The Bertz CT molecular complexity index is 112. The Kier molecular flexibility index (Phi) is 5.72. The molecule has 0 unspecified atom stereocenters. The molecule has 3 nitrogen and oxygen atoms in total. The van der Waals surface area contributed by atoms with Crippen molar-refractivity contribution in [2.75, 3.05) is 7.11 Å². The maximum absolute atomic E-state index is 10.5. The van der Waals surface area contributed by atoms with Crippen LogP contribution in [0.2, 0.25) is 0 Å². The van der Waals surface area contributed by atoms with Crippen molar-refractivity contribution in [1.82, 2.24) is 0 Å². The van der Waals surface area contributed by atoms with Crippen LogP contribution in [-0.4, -0.2) is 19.3 Å². The van der Waals surface area contributed by atoms with E-state index in [1.807, 2.05) is 0 Å². The highest BCUT2D eigenvalue weighted by atomic mass is 16.5. The van der Waals surface area contributed by atoms with Crippen molar-refractivity contribution in [3.63, 3.8) is 0 Å². The second-order valence-electron chi connectivity index (χ2n) is 2.03. The molecule has 0 aliphatic rings. The molecule has 0 atom stereocenters. The van der Waals surface area contributed by atoms with Crippen molar-refractivity contribution >= 4 is 12.2 Å². The molecule has 3 heteroatoms. The zero-order chi connectivity index (χ0) is 7.82. The lowest BCUT2D eigenvalue weighted by molar-refractivity contribution is -0.140. The van der Waals surface area contributed by atoms with Gasteiger partial charge in [-0.05, 0) is 25.5 Å². The number of rotatable bonds is 5. The largest absolute Gasteiger partial charge is 0.469 e. The topological polar surface area (TPSA) is 50.2 Å². The lowest BCUT2D eigenvalue weighted by atomic mass is 10.2. The first-order valence-corrected chi connectivity index (χ1v) is 3.37. The molecule has 0 aliphatic heterocycles. The Morgan fingerprint density at radius 1 is 1.60 bits per heavy atom. The van der Waals surface area contributed by atoms with Gasteiger partial charge in [0.1, 0.15) is 0 Å². The van der Waals surface area contributed by atoms with Crippen LogP contribution in [0.1, 0.15) is 25.7 Å². The molecular weight excluding hydrogens is 130 g/mol. The van der Waals surface area contributed by atoms with Crippen molar-refractivity contribution in [3.05, 3.63) is 0 Å². The highest BCUT2D eigenvalue weighted by Crippen LogP contribution is 1.98. The molecule has 0 amide bonds. The van der Waals surface area contributed by atoms with Crippen molar-refractivity contribution < 1.29 is 9.53 Å². The molecule has 58 valence electrons. The number of unbranched alkanes of at least 4 members (excludes halogenated alkanes) is 2. The molecule has 1 N–H and O–H groups in total. The Balaban J connectivity index is 3.03. The molecule has 0 saturated carbocycles. The van der Waals surface area contributed by atoms with Crippen LogP contribution in [0.5, 0.6) is 0 Å². The van der Waals surface area contributed by atoms with Crippen molar-refractivity contribution in [2.45, 2.75) is 25.7 Å². The minimum Gasteiger partial charge on any atom is -0.469 e. The van der Waals surface area contributed by atoms with Crippen LogP contribution in [0, 0.1) is 5.41 Å². The molecular formula is C7H13NO2. The second-order valence-corrected chi connectivity index (χ2v) is 2.03. The van der Waals surface area contributed by atoms with Crippen molar-refractivity contribution in [1.29, 1.82) is 5.41 Å². The highest BCUT2D eigenvalue weighted by molar-refractivity contribution is 5.69. The minimum atomic E-state index is -0.162. The van der Waals surface area contributed by atoms with E-state index in [4.69, 9.17) is 5.41 Å². The average Bonchev–Trinajstić information content (AvgIpc) is 1.98. The third kappa shape index (κ3) is 5.28. The van der Waals surface area contributed by atoms with Gasteiger partial charge in [-0.15, -0.1) is 0 Å². The van der Waals surface area contributed by atoms with Gasteiger partial charge in [0.25, 0.3) is 0 Å². The van der Waals surface area contributed by atoms with Crippen molar-refractivity contribution in [3.8, 4) is 0 Å². The number of nitrogens with one attached hydrogen (secondary N) is 1. The molecule has 0 saturated heterocycles. The van der Waals surface area contributed by atoms with Crippen LogP contribution in [0.15, 0.2) is 0 Å². The SMILES string of the molecule is COC(=O)CCCCC=N. The van der Waals surface area contributed by atoms with Crippen LogP contribution < -0.4 is 0 Å². The Morgan fingerprint density at radius 3 is 2.80 bits per heavy atom. The molecule has 0 fully saturated rings. The van der Waals surface area contributed by atoms with Crippen LogP contribution in [0.4, 0.5) is 0 Å². The van der Waals surface area contributed by atoms with Gasteiger partial charge in [0.2, 0.25) is 0 Å². The molecule has 0 spiro atoms. The highest BCUT2D eigenvalue weighted by Gasteiger charge is 1.97. The molecule has 0 aromatic carbocycles. The molecule has 0 aromatic heterocycles. The van der Waals surface area contributed by atoms with E-state index < -0.39 is 0 Å². The normalized spacial score (nSPS) is 8.90. The van der Waals surface area contributed by atoms with E-state index in [1.54, 1.807) is 0 Å². The molecule has 0 rings (SSSR count). The zero-order valence-electron chi connectivity index (χ0n) is 6.22. The summed E-state index contributed by atoms with van der Waals surface area (Å²) >= 11 is 0. The first-order chi connectivity index (χ1) is 4.81. The Hall–Kier alpha value is -0.860. The van der Waals surface area contributed by atoms with Gasteiger partial charge in [0.05, 0.1) is 7.11 Å². The Morgan fingerprint density at radius 2 is 2.30 bits per heavy atom. The molecule has 0 radical (unpaired) electrons. The average molecular weight is 143 g/mol. The second kappa shape index (κ2) is 6.26. The van der Waals surface area contributed by atoms with E-state index in [2.05, 4.69) is 4.74 Å². The van der Waals surface area contributed by atoms with Gasteiger partial charge in [-0.3, -0.25) is 4.79 Å². The first-order valence-electron chi connectivity index (χ1n) is 3.37. The fraction of sp³-hybridized carbons (Fsp3) is 0.714. The summed E-state index contributed by atoms with van der Waals surface area (Å²) < 4.78 is 4.43. The number of hydrogen-bond acceptors (Lipinski definition) is 3. The minimum absolute atomic E-state index is 0.162. The number of esters is 1. The van der Waals surface area contributed by atoms with E-state index in [1.165, 1.54) is 13.3 Å². The Labute approximate surface area is 60.9 Å². The molecule has 0 bridgehead atoms. The van der Waals surface area contributed by atoms with Gasteiger partial charge in [-0.25, -0.2) is 0 Å². The van der Waals surface area contributed by atoms with Crippen molar-refractivity contribution in [2.24, 2.45) is 0 Å². The lowest BCUT2D eigenvalue weighted by Gasteiger charge is -1.95. The van der Waals surface area contributed by atoms with Gasteiger partial charge >= 0.3 is 5.97 Å². The predicted molar refractivity (Wildman–Crippen MR) is 39.3 cm³/mol. The number of ether oxygens (including phenoxy) is 1. The number of carbonyl (C=O) groups is 1. The quantitative estimate of drug-likeness (QED) is 0.359. The lowest BCUT2D eigenvalue weighted by Crippen LogP contribution is -1.98. The summed E-state index contributed by atoms with van der Waals surface area (Å²) in [5.41, 5.74) is 0. The van der Waals surface area contributed by atoms with Crippen LogP contribution >= 0.6 is 0 Å². The molecule has 0 aromatic rings. The van der Waals surface area contributed by atoms with Gasteiger partial charge in [-0.1, -0.05) is 0 Å². The summed E-state index contributed by atoms with van der Waals surface area (Å²) in [5.74, 6) is -0.162. The third-order valence-electron chi connectivity index (χ3n) is 1.21. The maximum atomic E-state index is 10.5.